The first-order valence-electron chi connectivity index (χ1n) is 5.68. The summed E-state index contributed by atoms with van der Waals surface area (Å²) >= 11 is 0. The summed E-state index contributed by atoms with van der Waals surface area (Å²) in [6.07, 6.45) is -1.16. The van der Waals surface area contributed by atoms with Crippen molar-refractivity contribution < 1.29 is 24.5 Å². The summed E-state index contributed by atoms with van der Waals surface area (Å²) in [7, 11) is 0. The zero-order chi connectivity index (χ0) is 13.1. The number of aliphatic hydroxyl groups is 2. The Kier molecular flexibility index (Phi) is 4.35. The minimum absolute atomic E-state index is 0.00393. The van der Waals surface area contributed by atoms with Crippen molar-refractivity contribution in [2.24, 2.45) is 0 Å². The first-order valence-corrected chi connectivity index (χ1v) is 5.68. The highest BCUT2D eigenvalue weighted by Crippen LogP contribution is 2.19. The molecule has 0 radical (unpaired) electrons. The monoisotopic (exact) mass is 247 g/mol. The van der Waals surface area contributed by atoms with Crippen LogP contribution in [-0.2, 0) is 9.47 Å². The number of hydrogen-bond acceptors (Lipinski definition) is 5. The summed E-state index contributed by atoms with van der Waals surface area (Å²) < 4.78 is 10.1. The number of aliphatic hydroxyl groups excluding tert-OH is 1. The number of carbonyl (C=O) groups is 1. The summed E-state index contributed by atoms with van der Waals surface area (Å²) in [5.41, 5.74) is -2.02. The third-order valence-electron chi connectivity index (χ3n) is 2.45. The predicted octanol–water partition coefficient (Wildman–Crippen LogP) is 0.0234. The second-order valence-corrected chi connectivity index (χ2v) is 5.32. The highest BCUT2D eigenvalue weighted by atomic mass is 16.6. The van der Waals surface area contributed by atoms with E-state index in [0.29, 0.717) is 13.0 Å². The zero-order valence-corrected chi connectivity index (χ0v) is 10.5. The zero-order valence-electron chi connectivity index (χ0n) is 10.5. The second kappa shape index (κ2) is 5.20. The largest absolute Gasteiger partial charge is 0.444 e. The molecule has 100 valence electrons. The predicted molar refractivity (Wildman–Crippen MR) is 60.6 cm³/mol. The first kappa shape index (κ1) is 14.2. The van der Waals surface area contributed by atoms with Gasteiger partial charge in [0.2, 0.25) is 0 Å². The smallest absolute Gasteiger partial charge is 0.407 e. The molecule has 1 aliphatic heterocycles. The minimum Gasteiger partial charge on any atom is -0.444 e. The lowest BCUT2D eigenvalue weighted by atomic mass is 9.93. The fourth-order valence-electron chi connectivity index (χ4n) is 1.52. The third kappa shape index (κ3) is 4.49. The molecule has 6 nitrogen and oxygen atoms in total. The third-order valence-corrected chi connectivity index (χ3v) is 2.45. The van der Waals surface area contributed by atoms with E-state index in [1.165, 1.54) is 0 Å². The topological polar surface area (TPSA) is 88.0 Å². The van der Waals surface area contributed by atoms with Crippen LogP contribution in [0.2, 0.25) is 0 Å². The summed E-state index contributed by atoms with van der Waals surface area (Å²) in [6.45, 7) is 5.57. The number of hydrogen-bond donors (Lipinski definition) is 3. The lowest BCUT2D eigenvalue weighted by Crippen LogP contribution is -2.57. The standard InChI is InChI=1S/C11H21NO5/c1-10(2,3)17-9(14)12-6-11(15)7-16-5-4-8(11)13/h8,13,15H,4-7H2,1-3H3,(H,12,14). The molecule has 0 bridgehead atoms. The number of nitrogens with one attached hydrogen (secondary N) is 1. The van der Waals surface area contributed by atoms with Crippen molar-refractivity contribution in [2.45, 2.75) is 44.5 Å². The molecule has 1 aliphatic rings. The van der Waals surface area contributed by atoms with E-state index in [0.717, 1.165) is 0 Å². The molecule has 17 heavy (non-hydrogen) atoms. The molecule has 1 rings (SSSR count). The first-order chi connectivity index (χ1) is 7.73. The van der Waals surface area contributed by atoms with Crippen molar-refractivity contribution in [3.63, 3.8) is 0 Å². The van der Waals surface area contributed by atoms with Crippen LogP contribution >= 0.6 is 0 Å². The quantitative estimate of drug-likeness (QED) is 0.640. The van der Waals surface area contributed by atoms with Gasteiger partial charge in [-0.3, -0.25) is 0 Å². The number of ether oxygens (including phenoxy) is 2. The van der Waals surface area contributed by atoms with Crippen molar-refractivity contribution in [3.8, 4) is 0 Å². The van der Waals surface area contributed by atoms with Gasteiger partial charge in [0, 0.05) is 6.61 Å². The van der Waals surface area contributed by atoms with Crippen molar-refractivity contribution in [2.75, 3.05) is 19.8 Å². The summed E-state index contributed by atoms with van der Waals surface area (Å²) in [4.78, 5) is 11.4. The van der Waals surface area contributed by atoms with Gasteiger partial charge in [-0.15, -0.1) is 0 Å². The molecule has 0 aromatic carbocycles. The van der Waals surface area contributed by atoms with Crippen LogP contribution in [0.5, 0.6) is 0 Å². The molecule has 2 unspecified atom stereocenters. The van der Waals surface area contributed by atoms with Crippen LogP contribution in [0.15, 0.2) is 0 Å². The van der Waals surface area contributed by atoms with E-state index in [1.54, 1.807) is 20.8 Å². The molecule has 0 aromatic heterocycles. The average molecular weight is 247 g/mol. The molecule has 0 spiro atoms. The van der Waals surface area contributed by atoms with E-state index in [-0.39, 0.29) is 13.2 Å². The minimum atomic E-state index is -1.44. The number of alkyl carbamates (subject to hydrolysis) is 1. The number of amides is 1. The van der Waals surface area contributed by atoms with Crippen LogP contribution in [0, 0.1) is 0 Å². The Bertz CT molecular complexity index is 276. The van der Waals surface area contributed by atoms with E-state index in [1.807, 2.05) is 0 Å². The molecule has 1 heterocycles. The summed E-state index contributed by atoms with van der Waals surface area (Å²) in [5, 5.41) is 22.1. The van der Waals surface area contributed by atoms with Gasteiger partial charge in [0.15, 0.2) is 0 Å². The maximum atomic E-state index is 11.4. The van der Waals surface area contributed by atoms with Crippen molar-refractivity contribution in [1.82, 2.24) is 5.32 Å². The van der Waals surface area contributed by atoms with E-state index in [4.69, 9.17) is 9.47 Å². The van der Waals surface area contributed by atoms with Gasteiger partial charge < -0.3 is 25.0 Å². The average Bonchev–Trinajstić information content (AvgIpc) is 2.18. The highest BCUT2D eigenvalue weighted by Gasteiger charge is 2.39. The number of rotatable bonds is 2. The molecule has 2 atom stereocenters. The van der Waals surface area contributed by atoms with Crippen molar-refractivity contribution in [3.05, 3.63) is 0 Å². The van der Waals surface area contributed by atoms with E-state index in [9.17, 15) is 15.0 Å². The van der Waals surface area contributed by atoms with Gasteiger partial charge in [-0.1, -0.05) is 0 Å². The Hall–Kier alpha value is -0.850. The van der Waals surface area contributed by atoms with Gasteiger partial charge in [0.1, 0.15) is 11.2 Å². The molecule has 6 heteroatoms. The maximum absolute atomic E-state index is 11.4. The fourth-order valence-corrected chi connectivity index (χ4v) is 1.52. The Morgan fingerprint density at radius 3 is 2.76 bits per heavy atom. The van der Waals surface area contributed by atoms with Gasteiger partial charge in [0.05, 0.1) is 19.3 Å². The lowest BCUT2D eigenvalue weighted by molar-refractivity contribution is -0.155. The molecule has 1 fully saturated rings. The van der Waals surface area contributed by atoms with E-state index >= 15 is 0 Å². The van der Waals surface area contributed by atoms with Crippen molar-refractivity contribution >= 4 is 6.09 Å². The van der Waals surface area contributed by atoms with Crippen molar-refractivity contribution in [1.29, 1.82) is 0 Å². The fraction of sp³-hybridized carbons (Fsp3) is 0.909. The van der Waals surface area contributed by atoms with Crippen LogP contribution in [0.4, 0.5) is 4.79 Å². The maximum Gasteiger partial charge on any atom is 0.407 e. The Morgan fingerprint density at radius 1 is 1.59 bits per heavy atom. The summed E-state index contributed by atoms with van der Waals surface area (Å²) in [5.74, 6) is 0. The molecule has 0 aromatic rings. The van der Waals surface area contributed by atoms with Gasteiger partial charge in [-0.2, -0.15) is 0 Å². The van der Waals surface area contributed by atoms with Crippen LogP contribution in [0.3, 0.4) is 0 Å². The molecular weight excluding hydrogens is 226 g/mol. The SMILES string of the molecule is CC(C)(C)OC(=O)NCC1(O)COCCC1O. The van der Waals surface area contributed by atoms with Crippen LogP contribution in [0.1, 0.15) is 27.2 Å². The van der Waals surface area contributed by atoms with Gasteiger partial charge in [-0.05, 0) is 27.2 Å². The molecule has 0 saturated carbocycles. The Morgan fingerprint density at radius 2 is 2.24 bits per heavy atom. The van der Waals surface area contributed by atoms with E-state index < -0.39 is 23.4 Å². The molecule has 1 saturated heterocycles. The number of carbonyl (C=O) groups excluding carboxylic acids is 1. The summed E-state index contributed by atoms with van der Waals surface area (Å²) in [6, 6.07) is 0. The molecule has 1 amide bonds. The highest BCUT2D eigenvalue weighted by molar-refractivity contribution is 5.67. The normalized spacial score (nSPS) is 29.8. The van der Waals surface area contributed by atoms with Gasteiger partial charge >= 0.3 is 6.09 Å². The van der Waals surface area contributed by atoms with Gasteiger partial charge in [0.25, 0.3) is 0 Å². The van der Waals surface area contributed by atoms with Crippen LogP contribution in [-0.4, -0.2) is 53.4 Å². The van der Waals surface area contributed by atoms with Crippen LogP contribution < -0.4 is 5.32 Å². The second-order valence-electron chi connectivity index (χ2n) is 5.32. The van der Waals surface area contributed by atoms with Crippen LogP contribution in [0.25, 0.3) is 0 Å². The molecule has 3 N–H and O–H groups in total. The molecule has 0 aliphatic carbocycles. The Labute approximate surface area is 101 Å². The molecular formula is C11H21NO5. The Balaban J connectivity index is 2.41. The lowest BCUT2D eigenvalue weighted by Gasteiger charge is -2.36. The van der Waals surface area contributed by atoms with Gasteiger partial charge in [-0.25, -0.2) is 4.79 Å². The van der Waals surface area contributed by atoms with E-state index in [2.05, 4.69) is 5.32 Å².